The third-order valence-electron chi connectivity index (χ3n) is 3.32. The van der Waals surface area contributed by atoms with Gasteiger partial charge in [0.05, 0.1) is 12.3 Å². The highest BCUT2D eigenvalue weighted by Gasteiger charge is 2.16. The zero-order chi connectivity index (χ0) is 14.6. The highest BCUT2D eigenvalue weighted by molar-refractivity contribution is 5.74. The van der Waals surface area contributed by atoms with Crippen LogP contribution in [-0.4, -0.2) is 52.1 Å². The van der Waals surface area contributed by atoms with Crippen molar-refractivity contribution >= 4 is 6.03 Å². The number of aryl methyl sites for hydroxylation is 2. The summed E-state index contributed by atoms with van der Waals surface area (Å²) < 4.78 is 1.86. The summed E-state index contributed by atoms with van der Waals surface area (Å²) in [5.41, 5.74) is 3.31. The Morgan fingerprint density at radius 3 is 2.63 bits per heavy atom. The van der Waals surface area contributed by atoms with Crippen molar-refractivity contribution in [1.29, 1.82) is 0 Å². The van der Waals surface area contributed by atoms with Crippen LogP contribution >= 0.6 is 0 Å². The fraction of sp³-hybridized carbons (Fsp3) is 0.692. The van der Waals surface area contributed by atoms with E-state index in [0.29, 0.717) is 6.54 Å². The molecule has 1 heterocycles. The number of likely N-dealkylation sites (N-methyl/N-ethyl adjacent to an activating group) is 1. The number of nitrogens with zero attached hydrogens (tertiary/aromatic N) is 3. The summed E-state index contributed by atoms with van der Waals surface area (Å²) in [5, 5.41) is 16.1. The van der Waals surface area contributed by atoms with Gasteiger partial charge in [0.25, 0.3) is 0 Å². The van der Waals surface area contributed by atoms with E-state index in [1.165, 1.54) is 10.5 Å². The molecule has 0 fully saturated rings. The summed E-state index contributed by atoms with van der Waals surface area (Å²) >= 11 is 0. The quantitative estimate of drug-likeness (QED) is 0.821. The highest BCUT2D eigenvalue weighted by atomic mass is 16.3. The first-order valence-corrected chi connectivity index (χ1v) is 6.48. The molecule has 0 saturated heterocycles. The molecule has 19 heavy (non-hydrogen) atoms. The van der Waals surface area contributed by atoms with Crippen LogP contribution < -0.4 is 5.32 Å². The molecule has 6 nitrogen and oxygen atoms in total. The summed E-state index contributed by atoms with van der Waals surface area (Å²) in [5.74, 6) is 0. The lowest BCUT2D eigenvalue weighted by atomic mass is 10.1. The smallest absolute Gasteiger partial charge is 0.317 e. The molecule has 1 rings (SSSR count). The van der Waals surface area contributed by atoms with E-state index in [2.05, 4.69) is 10.4 Å². The van der Waals surface area contributed by atoms with E-state index in [1.54, 1.807) is 7.05 Å². The molecular formula is C13H24N4O2. The van der Waals surface area contributed by atoms with E-state index in [4.69, 9.17) is 5.11 Å². The molecule has 0 aliphatic carbocycles. The predicted octanol–water partition coefficient (Wildman–Crippen LogP) is 0.602. The molecule has 1 atom stereocenters. The van der Waals surface area contributed by atoms with Crippen LogP contribution in [-0.2, 0) is 13.5 Å². The van der Waals surface area contributed by atoms with Crippen molar-refractivity contribution in [3.63, 3.8) is 0 Å². The molecule has 1 aromatic rings. The minimum atomic E-state index is -0.166. The van der Waals surface area contributed by atoms with Crippen LogP contribution in [0.3, 0.4) is 0 Å². The van der Waals surface area contributed by atoms with Gasteiger partial charge in [-0.3, -0.25) is 4.68 Å². The Bertz CT molecular complexity index is 442. The largest absolute Gasteiger partial charge is 0.395 e. The van der Waals surface area contributed by atoms with Crippen molar-refractivity contribution in [3.05, 3.63) is 17.0 Å². The minimum absolute atomic E-state index is 0.0234. The van der Waals surface area contributed by atoms with Crippen LogP contribution in [0.15, 0.2) is 0 Å². The van der Waals surface area contributed by atoms with Crippen molar-refractivity contribution in [2.24, 2.45) is 7.05 Å². The molecule has 0 bridgehead atoms. The number of hydrogen-bond acceptors (Lipinski definition) is 3. The summed E-state index contributed by atoms with van der Waals surface area (Å²) in [7, 11) is 3.59. The van der Waals surface area contributed by atoms with E-state index in [1.807, 2.05) is 32.5 Å². The number of rotatable bonds is 5. The average molecular weight is 268 g/mol. The molecule has 0 saturated carbocycles. The molecule has 0 aliphatic rings. The number of nitrogens with one attached hydrogen (secondary N) is 1. The Morgan fingerprint density at radius 2 is 2.16 bits per heavy atom. The van der Waals surface area contributed by atoms with Gasteiger partial charge < -0.3 is 15.3 Å². The Kier molecular flexibility index (Phi) is 5.35. The van der Waals surface area contributed by atoms with Crippen molar-refractivity contribution in [1.82, 2.24) is 20.0 Å². The lowest BCUT2D eigenvalue weighted by Crippen LogP contribution is -2.43. The first kappa shape index (κ1) is 15.5. The number of carbonyl (C=O) groups excluding carboxylic acids is 1. The number of urea groups is 1. The van der Waals surface area contributed by atoms with Crippen LogP contribution in [0.2, 0.25) is 0 Å². The zero-order valence-corrected chi connectivity index (χ0v) is 12.4. The Hall–Kier alpha value is -1.56. The molecule has 2 amide bonds. The monoisotopic (exact) mass is 268 g/mol. The summed E-state index contributed by atoms with van der Waals surface area (Å²) in [4.78, 5) is 13.3. The third-order valence-corrected chi connectivity index (χ3v) is 3.32. The van der Waals surface area contributed by atoms with Gasteiger partial charge in [0, 0.05) is 32.4 Å². The lowest BCUT2D eigenvalue weighted by Gasteiger charge is -2.20. The van der Waals surface area contributed by atoms with Gasteiger partial charge in [-0.25, -0.2) is 4.79 Å². The molecule has 0 aliphatic heterocycles. The van der Waals surface area contributed by atoms with Gasteiger partial charge in [0.2, 0.25) is 0 Å². The maximum absolute atomic E-state index is 11.8. The van der Waals surface area contributed by atoms with Crippen molar-refractivity contribution in [3.8, 4) is 0 Å². The molecular weight excluding hydrogens is 244 g/mol. The van der Waals surface area contributed by atoms with Gasteiger partial charge in [-0.05, 0) is 32.8 Å². The number of aromatic nitrogens is 2. The summed E-state index contributed by atoms with van der Waals surface area (Å²) in [6, 6.07) is -0.143. The van der Waals surface area contributed by atoms with Gasteiger partial charge >= 0.3 is 6.03 Å². The lowest BCUT2D eigenvalue weighted by molar-refractivity contribution is 0.187. The number of carbonyl (C=O) groups is 1. The maximum atomic E-state index is 11.8. The fourth-order valence-electron chi connectivity index (χ4n) is 2.04. The van der Waals surface area contributed by atoms with Crippen LogP contribution in [0.4, 0.5) is 4.79 Å². The second-order valence-corrected chi connectivity index (χ2v) is 4.97. The van der Waals surface area contributed by atoms with Crippen LogP contribution in [0.1, 0.15) is 23.9 Å². The Labute approximate surface area is 114 Å². The molecule has 2 N–H and O–H groups in total. The van der Waals surface area contributed by atoms with Crippen molar-refractivity contribution in [2.45, 2.75) is 33.2 Å². The van der Waals surface area contributed by atoms with E-state index >= 15 is 0 Å². The van der Waals surface area contributed by atoms with Crippen LogP contribution in [0, 0.1) is 13.8 Å². The molecule has 1 aromatic heterocycles. The van der Waals surface area contributed by atoms with E-state index < -0.39 is 0 Å². The average Bonchev–Trinajstić information content (AvgIpc) is 2.56. The number of hydrogen-bond donors (Lipinski definition) is 2. The Balaban J connectivity index is 2.60. The summed E-state index contributed by atoms with van der Waals surface area (Å²) in [6.45, 7) is 6.29. The number of amides is 2. The first-order chi connectivity index (χ1) is 8.86. The first-order valence-electron chi connectivity index (χ1n) is 6.48. The maximum Gasteiger partial charge on any atom is 0.317 e. The Morgan fingerprint density at radius 1 is 1.53 bits per heavy atom. The SMILES string of the molecule is Cc1nn(C)c(C)c1CC(C)NC(=O)N(C)CCO. The van der Waals surface area contributed by atoms with E-state index in [0.717, 1.165) is 17.8 Å². The van der Waals surface area contributed by atoms with Gasteiger partial charge in [0.15, 0.2) is 0 Å². The normalized spacial score (nSPS) is 12.3. The molecule has 108 valence electrons. The second-order valence-electron chi connectivity index (χ2n) is 4.97. The highest BCUT2D eigenvalue weighted by Crippen LogP contribution is 2.14. The third kappa shape index (κ3) is 3.96. The molecule has 0 spiro atoms. The second kappa shape index (κ2) is 6.56. The molecule has 6 heteroatoms. The number of aliphatic hydroxyl groups excluding tert-OH is 1. The predicted molar refractivity (Wildman–Crippen MR) is 74.1 cm³/mol. The van der Waals surface area contributed by atoms with Gasteiger partial charge in [-0.2, -0.15) is 5.10 Å². The summed E-state index contributed by atoms with van der Waals surface area (Å²) in [6.07, 6.45) is 0.754. The molecule has 1 unspecified atom stereocenters. The van der Waals surface area contributed by atoms with Gasteiger partial charge in [0.1, 0.15) is 0 Å². The molecule has 0 aromatic carbocycles. The van der Waals surface area contributed by atoms with Gasteiger partial charge in [-0.15, -0.1) is 0 Å². The zero-order valence-electron chi connectivity index (χ0n) is 12.4. The van der Waals surface area contributed by atoms with Crippen molar-refractivity contribution < 1.29 is 9.90 Å². The minimum Gasteiger partial charge on any atom is -0.395 e. The van der Waals surface area contributed by atoms with E-state index in [9.17, 15) is 4.79 Å². The van der Waals surface area contributed by atoms with Crippen LogP contribution in [0.25, 0.3) is 0 Å². The number of aliphatic hydroxyl groups is 1. The van der Waals surface area contributed by atoms with Crippen LogP contribution in [0.5, 0.6) is 0 Å². The standard InChI is InChI=1S/C13H24N4O2/c1-9(14-13(19)16(4)6-7-18)8-12-10(2)15-17(5)11(12)3/h9,18H,6-8H2,1-5H3,(H,14,19). The van der Waals surface area contributed by atoms with Crippen molar-refractivity contribution in [2.75, 3.05) is 20.2 Å². The molecule has 0 radical (unpaired) electrons. The topological polar surface area (TPSA) is 70.4 Å². The fourth-order valence-corrected chi connectivity index (χ4v) is 2.04. The van der Waals surface area contributed by atoms with E-state index in [-0.39, 0.29) is 18.7 Å². The van der Waals surface area contributed by atoms with Gasteiger partial charge in [-0.1, -0.05) is 0 Å².